The smallest absolute Gasteiger partial charge is 0.224 e. The highest BCUT2D eigenvalue weighted by atomic mass is 32.1. The van der Waals surface area contributed by atoms with Crippen LogP contribution in [0.4, 0.5) is 5.69 Å². The van der Waals surface area contributed by atoms with Crippen molar-refractivity contribution in [3.8, 4) is 11.3 Å². The second-order valence-electron chi connectivity index (χ2n) is 5.61. The molecule has 0 saturated carbocycles. The second-order valence-corrected chi connectivity index (χ2v) is 7.49. The van der Waals surface area contributed by atoms with Crippen molar-refractivity contribution in [1.29, 1.82) is 0 Å². The Hall–Kier alpha value is -2.05. The summed E-state index contributed by atoms with van der Waals surface area (Å²) in [5.74, 6) is 0.0972. The molecule has 0 bridgehead atoms. The number of amides is 1. The fourth-order valence-corrected chi connectivity index (χ4v) is 4.36. The van der Waals surface area contributed by atoms with Gasteiger partial charge in [-0.15, -0.1) is 22.7 Å². The fraction of sp³-hybridized carbons (Fsp3) is 0.235. The van der Waals surface area contributed by atoms with E-state index in [2.05, 4.69) is 27.1 Å². The number of anilines is 1. The Kier molecular flexibility index (Phi) is 3.71. The lowest BCUT2D eigenvalue weighted by atomic mass is 9.99. The summed E-state index contributed by atoms with van der Waals surface area (Å²) < 4.78 is 0. The largest absolute Gasteiger partial charge is 0.326 e. The Labute approximate surface area is 142 Å². The number of nitrogens with zero attached hydrogens (tertiary/aromatic N) is 2. The number of carbonyl (C=O) groups excluding carboxylic acids is 1. The van der Waals surface area contributed by atoms with Crippen LogP contribution < -0.4 is 5.32 Å². The number of aryl methyl sites for hydroxylation is 2. The van der Waals surface area contributed by atoms with Crippen molar-refractivity contribution in [3.05, 3.63) is 50.2 Å². The molecule has 1 aliphatic rings. The predicted octanol–water partition coefficient (Wildman–Crippen LogP) is 4.05. The molecular weight excluding hydrogens is 326 g/mol. The van der Waals surface area contributed by atoms with Gasteiger partial charge < -0.3 is 5.32 Å². The van der Waals surface area contributed by atoms with Crippen molar-refractivity contribution >= 4 is 34.3 Å². The molecule has 23 heavy (non-hydrogen) atoms. The first-order valence-corrected chi connectivity index (χ1v) is 9.22. The van der Waals surface area contributed by atoms with E-state index in [1.165, 1.54) is 5.56 Å². The Balaban J connectivity index is 1.58. The zero-order chi connectivity index (χ0) is 15.8. The molecule has 1 aromatic carbocycles. The summed E-state index contributed by atoms with van der Waals surface area (Å²) in [6.07, 6.45) is 2.15. The molecule has 0 spiro atoms. The third-order valence-electron chi connectivity index (χ3n) is 3.82. The Morgan fingerprint density at radius 2 is 1.96 bits per heavy atom. The topological polar surface area (TPSA) is 54.9 Å². The van der Waals surface area contributed by atoms with Crippen LogP contribution in [0, 0.1) is 6.92 Å². The van der Waals surface area contributed by atoms with Crippen molar-refractivity contribution in [2.75, 3.05) is 5.32 Å². The van der Waals surface area contributed by atoms with Crippen LogP contribution >= 0.6 is 22.7 Å². The maximum absolute atomic E-state index is 11.4. The molecule has 4 nitrogen and oxygen atoms in total. The van der Waals surface area contributed by atoms with E-state index in [0.29, 0.717) is 6.42 Å². The van der Waals surface area contributed by atoms with Crippen molar-refractivity contribution in [3.63, 3.8) is 0 Å². The monoisotopic (exact) mass is 341 g/mol. The summed E-state index contributed by atoms with van der Waals surface area (Å²) in [5.41, 5.74) is 5.29. The third-order valence-corrected chi connectivity index (χ3v) is 5.63. The summed E-state index contributed by atoms with van der Waals surface area (Å²) in [6, 6.07) is 6.14. The molecular formula is C17H15N3OS2. The molecule has 1 aliphatic heterocycles. The van der Waals surface area contributed by atoms with Crippen molar-refractivity contribution in [1.82, 2.24) is 9.97 Å². The van der Waals surface area contributed by atoms with E-state index in [4.69, 9.17) is 4.98 Å². The molecule has 0 aliphatic carbocycles. The van der Waals surface area contributed by atoms with Crippen LogP contribution in [0.1, 0.15) is 27.7 Å². The minimum Gasteiger partial charge on any atom is -0.326 e. The van der Waals surface area contributed by atoms with Crippen LogP contribution in [0.25, 0.3) is 11.3 Å². The van der Waals surface area contributed by atoms with Crippen LogP contribution in [-0.2, 0) is 17.6 Å². The molecule has 1 amide bonds. The van der Waals surface area contributed by atoms with Gasteiger partial charge in [-0.05, 0) is 31.0 Å². The Morgan fingerprint density at radius 3 is 2.78 bits per heavy atom. The van der Waals surface area contributed by atoms with Crippen LogP contribution in [0.5, 0.6) is 0 Å². The summed E-state index contributed by atoms with van der Waals surface area (Å²) in [7, 11) is 0. The van der Waals surface area contributed by atoms with Crippen LogP contribution in [0.15, 0.2) is 29.0 Å². The molecule has 0 radical (unpaired) electrons. The summed E-state index contributed by atoms with van der Waals surface area (Å²) in [6.45, 7) is 2.01. The second kappa shape index (κ2) is 5.86. The van der Waals surface area contributed by atoms with E-state index < -0.39 is 0 Å². The minimum absolute atomic E-state index is 0.0972. The molecule has 0 fully saturated rings. The van der Waals surface area contributed by atoms with Gasteiger partial charge in [0.25, 0.3) is 0 Å². The first-order valence-electron chi connectivity index (χ1n) is 7.46. The highest BCUT2D eigenvalue weighted by Gasteiger charge is 2.16. The number of thiazole rings is 2. The van der Waals surface area contributed by atoms with E-state index in [9.17, 15) is 4.79 Å². The normalized spacial score (nSPS) is 13.7. The quantitative estimate of drug-likeness (QED) is 0.782. The molecule has 116 valence electrons. The van der Waals surface area contributed by atoms with Gasteiger partial charge in [-0.25, -0.2) is 9.97 Å². The lowest BCUT2D eigenvalue weighted by Gasteiger charge is -2.17. The zero-order valence-corrected chi connectivity index (χ0v) is 14.3. The average Bonchev–Trinajstić information content (AvgIpc) is 3.16. The number of rotatable bonds is 3. The molecule has 0 unspecified atom stereocenters. The number of hydrogen-bond acceptors (Lipinski definition) is 5. The molecule has 4 rings (SSSR count). The van der Waals surface area contributed by atoms with Gasteiger partial charge in [0.1, 0.15) is 5.01 Å². The molecule has 6 heteroatoms. The van der Waals surface area contributed by atoms with Crippen LogP contribution in [-0.4, -0.2) is 15.9 Å². The van der Waals surface area contributed by atoms with Gasteiger partial charge in [-0.3, -0.25) is 4.79 Å². The number of hydrogen-bond donors (Lipinski definition) is 1. The third kappa shape index (κ3) is 3.04. The molecule has 3 heterocycles. The van der Waals surface area contributed by atoms with E-state index in [-0.39, 0.29) is 5.91 Å². The molecule has 0 atom stereocenters. The first kappa shape index (κ1) is 14.5. The van der Waals surface area contributed by atoms with Crippen LogP contribution in [0.3, 0.4) is 0 Å². The lowest BCUT2D eigenvalue weighted by molar-refractivity contribution is -0.116. The average molecular weight is 341 g/mol. The van der Waals surface area contributed by atoms with Crippen molar-refractivity contribution in [2.45, 2.75) is 26.2 Å². The maximum atomic E-state index is 11.4. The van der Waals surface area contributed by atoms with Gasteiger partial charge in [0.2, 0.25) is 5.91 Å². The highest BCUT2D eigenvalue weighted by molar-refractivity contribution is 7.11. The van der Waals surface area contributed by atoms with Gasteiger partial charge in [0.05, 0.1) is 17.1 Å². The van der Waals surface area contributed by atoms with Crippen molar-refractivity contribution < 1.29 is 4.79 Å². The lowest BCUT2D eigenvalue weighted by Crippen LogP contribution is -2.18. The standard InChI is InChI=1S/C17H15N3OS2/c1-10-8-22-16(18-10)7-17-20-14(9-23-17)12-2-4-13-11(6-12)3-5-15(21)19-13/h2,4,6,8-9H,3,5,7H2,1H3,(H,19,21). The first-order chi connectivity index (χ1) is 11.2. The van der Waals surface area contributed by atoms with Crippen LogP contribution in [0.2, 0.25) is 0 Å². The molecule has 1 N–H and O–H groups in total. The number of fused-ring (bicyclic) bond motifs is 1. The van der Waals surface area contributed by atoms with E-state index in [0.717, 1.165) is 45.5 Å². The van der Waals surface area contributed by atoms with Gasteiger partial charge in [0.15, 0.2) is 0 Å². The number of aromatic nitrogens is 2. The number of nitrogens with one attached hydrogen (secondary N) is 1. The summed E-state index contributed by atoms with van der Waals surface area (Å²) >= 11 is 3.36. The molecule has 2 aromatic heterocycles. The number of carbonyl (C=O) groups is 1. The van der Waals surface area contributed by atoms with Gasteiger partial charge >= 0.3 is 0 Å². The van der Waals surface area contributed by atoms with Gasteiger partial charge in [-0.2, -0.15) is 0 Å². The fourth-order valence-electron chi connectivity index (χ4n) is 2.68. The Bertz CT molecular complexity index is 882. The Morgan fingerprint density at radius 1 is 1.13 bits per heavy atom. The number of benzene rings is 1. The molecule has 3 aromatic rings. The summed E-state index contributed by atoms with van der Waals surface area (Å²) in [5, 5.41) is 9.27. The SMILES string of the molecule is Cc1csc(Cc2nc(-c3ccc4c(c3)CCC(=O)N4)cs2)n1. The zero-order valence-electron chi connectivity index (χ0n) is 12.6. The van der Waals surface area contributed by atoms with Gasteiger partial charge in [0, 0.05) is 34.1 Å². The van der Waals surface area contributed by atoms with Gasteiger partial charge in [-0.1, -0.05) is 6.07 Å². The van der Waals surface area contributed by atoms with E-state index in [1.807, 2.05) is 19.1 Å². The maximum Gasteiger partial charge on any atom is 0.224 e. The van der Waals surface area contributed by atoms with E-state index >= 15 is 0 Å². The molecule has 0 saturated heterocycles. The predicted molar refractivity (Wildman–Crippen MR) is 94.2 cm³/mol. The van der Waals surface area contributed by atoms with E-state index in [1.54, 1.807) is 22.7 Å². The van der Waals surface area contributed by atoms with Crippen molar-refractivity contribution in [2.24, 2.45) is 0 Å². The minimum atomic E-state index is 0.0972. The summed E-state index contributed by atoms with van der Waals surface area (Å²) in [4.78, 5) is 20.7. The highest BCUT2D eigenvalue weighted by Crippen LogP contribution is 2.30.